The van der Waals surface area contributed by atoms with Gasteiger partial charge >= 0.3 is 0 Å². The molecule has 1 N–H and O–H groups in total. The van der Waals surface area contributed by atoms with Crippen molar-refractivity contribution in [3.05, 3.63) is 54.1 Å². The summed E-state index contributed by atoms with van der Waals surface area (Å²) in [5.74, 6) is 0.400. The lowest BCUT2D eigenvalue weighted by Gasteiger charge is -2.24. The highest BCUT2D eigenvalue weighted by molar-refractivity contribution is 7.99. The lowest BCUT2D eigenvalue weighted by Crippen LogP contribution is -2.35. The molecule has 0 unspecified atom stereocenters. The first-order valence-corrected chi connectivity index (χ1v) is 11.9. The number of nitrogens with one attached hydrogen (secondary N) is 1. The van der Waals surface area contributed by atoms with Crippen LogP contribution in [0.15, 0.2) is 63.2 Å². The number of rotatable bonds is 8. The van der Waals surface area contributed by atoms with Crippen molar-refractivity contribution in [2.24, 2.45) is 5.92 Å². The normalized spacial score (nSPS) is 16.7. The molecular weight excluding hydrogens is 408 g/mol. The summed E-state index contributed by atoms with van der Waals surface area (Å²) in [7, 11) is -2.08. The molecule has 1 aliphatic rings. The lowest BCUT2D eigenvalue weighted by molar-refractivity contribution is 0.0727. The molecule has 0 bridgehead atoms. The van der Waals surface area contributed by atoms with Gasteiger partial charge in [-0.15, -0.1) is 0 Å². The summed E-state index contributed by atoms with van der Waals surface area (Å²) in [6, 6.07) is 14.2. The van der Waals surface area contributed by atoms with Crippen LogP contribution >= 0.6 is 11.8 Å². The second-order valence-corrected chi connectivity index (χ2v) is 9.85. The van der Waals surface area contributed by atoms with Crippen LogP contribution in [0.5, 0.6) is 0 Å². The van der Waals surface area contributed by atoms with Gasteiger partial charge in [0.25, 0.3) is 5.91 Å². The van der Waals surface area contributed by atoms with Gasteiger partial charge in [-0.1, -0.05) is 23.9 Å². The summed E-state index contributed by atoms with van der Waals surface area (Å²) in [5, 5.41) is 0. The summed E-state index contributed by atoms with van der Waals surface area (Å²) in [4.78, 5) is 17.0. The van der Waals surface area contributed by atoms with E-state index in [1.54, 1.807) is 24.3 Å². The van der Waals surface area contributed by atoms with Gasteiger partial charge in [0.2, 0.25) is 10.0 Å². The highest BCUT2D eigenvalue weighted by Crippen LogP contribution is 2.32. The molecule has 1 aliphatic heterocycles. The fourth-order valence-electron chi connectivity index (χ4n) is 3.23. The van der Waals surface area contributed by atoms with E-state index in [1.807, 2.05) is 36.1 Å². The molecule has 8 heteroatoms. The highest BCUT2D eigenvalue weighted by Gasteiger charge is 2.24. The van der Waals surface area contributed by atoms with E-state index in [1.165, 1.54) is 18.8 Å². The average Bonchev–Trinajstić information content (AvgIpc) is 3.25. The number of carbonyl (C=O) groups excluding carboxylic acids is 1. The van der Waals surface area contributed by atoms with Gasteiger partial charge in [0, 0.05) is 35.4 Å². The number of carbonyl (C=O) groups is 1. The molecule has 1 atom stereocenters. The molecule has 0 radical (unpaired) electrons. The predicted octanol–water partition coefficient (Wildman–Crippen LogP) is 3.24. The summed E-state index contributed by atoms with van der Waals surface area (Å²) in [6.45, 7) is 4.81. The van der Waals surface area contributed by atoms with E-state index >= 15 is 0 Å². The maximum Gasteiger partial charge on any atom is 0.255 e. The third kappa shape index (κ3) is 5.39. The van der Waals surface area contributed by atoms with Crippen molar-refractivity contribution in [1.29, 1.82) is 0 Å². The number of hydrogen-bond donors (Lipinski definition) is 1. The van der Waals surface area contributed by atoms with Crippen molar-refractivity contribution in [2.75, 3.05) is 33.4 Å². The molecule has 1 saturated heterocycles. The largest absolute Gasteiger partial charge is 0.381 e. The number of sulfonamides is 1. The third-order valence-corrected chi connectivity index (χ3v) is 7.43. The number of ether oxygens (including phenoxy) is 1. The smallest absolute Gasteiger partial charge is 0.255 e. The first kappa shape index (κ1) is 21.8. The lowest BCUT2D eigenvalue weighted by atomic mass is 10.1. The summed E-state index contributed by atoms with van der Waals surface area (Å²) in [6.07, 6.45) is 0.988. The molecule has 1 fully saturated rings. The van der Waals surface area contributed by atoms with Crippen LogP contribution in [0.1, 0.15) is 23.7 Å². The Hall–Kier alpha value is -1.87. The minimum Gasteiger partial charge on any atom is -0.381 e. The summed E-state index contributed by atoms with van der Waals surface area (Å²) < 4.78 is 31.5. The van der Waals surface area contributed by atoms with Gasteiger partial charge < -0.3 is 9.64 Å². The third-order valence-electron chi connectivity index (χ3n) is 4.92. The molecule has 29 heavy (non-hydrogen) atoms. The van der Waals surface area contributed by atoms with Gasteiger partial charge in [0.1, 0.15) is 0 Å². The molecule has 2 aromatic carbocycles. The standard InChI is InChI=1S/C21H26N2O4S2/c1-3-23(14-16-12-13-27-15-16)21(24)19-6-4-5-7-20(19)28-17-8-10-18(11-9-17)29(25,26)22-2/h4-11,16,22H,3,12-15H2,1-2H3/t16-/m0/s1. The number of amides is 1. The second-order valence-electron chi connectivity index (χ2n) is 6.85. The van der Waals surface area contributed by atoms with Crippen LogP contribution in [-0.4, -0.2) is 52.6 Å². The van der Waals surface area contributed by atoms with E-state index in [0.29, 0.717) is 31.2 Å². The molecule has 0 spiro atoms. The average molecular weight is 435 g/mol. The minimum atomic E-state index is -3.47. The Kier molecular flexibility index (Phi) is 7.34. The first-order chi connectivity index (χ1) is 13.9. The van der Waals surface area contributed by atoms with Crippen molar-refractivity contribution < 1.29 is 17.9 Å². The van der Waals surface area contributed by atoms with Gasteiger partial charge in [0.15, 0.2) is 0 Å². The monoisotopic (exact) mass is 434 g/mol. The molecule has 0 aliphatic carbocycles. The Bertz CT molecular complexity index is 939. The van der Waals surface area contributed by atoms with Crippen LogP contribution in [0.3, 0.4) is 0 Å². The summed E-state index contributed by atoms with van der Waals surface area (Å²) in [5.41, 5.74) is 0.658. The van der Waals surface area contributed by atoms with Crippen molar-refractivity contribution >= 4 is 27.7 Å². The SMILES string of the molecule is CCN(C[C@@H]1CCOC1)C(=O)c1ccccc1Sc1ccc(S(=O)(=O)NC)cc1. The molecule has 0 saturated carbocycles. The van der Waals surface area contributed by atoms with Gasteiger partial charge in [0.05, 0.1) is 17.1 Å². The van der Waals surface area contributed by atoms with Gasteiger partial charge in [-0.2, -0.15) is 0 Å². The van der Waals surface area contributed by atoms with Crippen molar-refractivity contribution in [1.82, 2.24) is 9.62 Å². The Morgan fingerprint density at radius 1 is 1.21 bits per heavy atom. The van der Waals surface area contributed by atoms with Crippen molar-refractivity contribution in [3.63, 3.8) is 0 Å². The first-order valence-electron chi connectivity index (χ1n) is 9.62. The van der Waals surface area contributed by atoms with Crippen LogP contribution < -0.4 is 4.72 Å². The molecule has 156 valence electrons. The van der Waals surface area contributed by atoms with Gasteiger partial charge in [-0.25, -0.2) is 13.1 Å². The maximum atomic E-state index is 13.2. The molecule has 2 aromatic rings. The quantitative estimate of drug-likeness (QED) is 0.690. The van der Waals surface area contributed by atoms with Gasteiger partial charge in [-0.3, -0.25) is 4.79 Å². The van der Waals surface area contributed by atoms with E-state index in [9.17, 15) is 13.2 Å². The number of benzene rings is 2. The van der Waals surface area contributed by atoms with Crippen LogP contribution in [0.25, 0.3) is 0 Å². The van der Waals surface area contributed by atoms with Crippen molar-refractivity contribution in [2.45, 2.75) is 28.0 Å². The zero-order valence-corrected chi connectivity index (χ0v) is 18.3. The molecular formula is C21H26N2O4S2. The Morgan fingerprint density at radius 3 is 2.55 bits per heavy atom. The van der Waals surface area contributed by atoms with E-state index < -0.39 is 10.0 Å². The molecule has 6 nitrogen and oxygen atoms in total. The minimum absolute atomic E-state index is 0.0110. The van der Waals surface area contributed by atoms with E-state index in [4.69, 9.17) is 4.74 Å². The fraction of sp³-hybridized carbons (Fsp3) is 0.381. The molecule has 0 aromatic heterocycles. The number of nitrogens with zero attached hydrogens (tertiary/aromatic N) is 1. The summed E-state index contributed by atoms with van der Waals surface area (Å²) >= 11 is 1.45. The van der Waals surface area contributed by atoms with Crippen LogP contribution in [0, 0.1) is 5.92 Å². The van der Waals surface area contributed by atoms with Crippen molar-refractivity contribution in [3.8, 4) is 0 Å². The second kappa shape index (κ2) is 9.75. The van der Waals surface area contributed by atoms with Crippen LogP contribution in [0.4, 0.5) is 0 Å². The zero-order valence-electron chi connectivity index (χ0n) is 16.6. The van der Waals surface area contributed by atoms with E-state index in [0.717, 1.165) is 22.8 Å². The zero-order chi connectivity index (χ0) is 20.9. The Labute approximate surface area is 176 Å². The molecule has 1 amide bonds. The van der Waals surface area contributed by atoms with Crippen LogP contribution in [-0.2, 0) is 14.8 Å². The molecule has 1 heterocycles. The topological polar surface area (TPSA) is 75.7 Å². The maximum absolute atomic E-state index is 13.2. The Morgan fingerprint density at radius 2 is 1.93 bits per heavy atom. The fourth-order valence-corrected chi connectivity index (χ4v) is 4.90. The van der Waals surface area contributed by atoms with E-state index in [2.05, 4.69) is 4.72 Å². The predicted molar refractivity (Wildman–Crippen MR) is 114 cm³/mol. The van der Waals surface area contributed by atoms with E-state index in [-0.39, 0.29) is 10.8 Å². The highest BCUT2D eigenvalue weighted by atomic mass is 32.2. The van der Waals surface area contributed by atoms with Gasteiger partial charge in [-0.05, 0) is 56.8 Å². The number of hydrogen-bond acceptors (Lipinski definition) is 5. The van der Waals surface area contributed by atoms with Crippen LogP contribution in [0.2, 0.25) is 0 Å². The Balaban J connectivity index is 1.78. The molecule has 3 rings (SSSR count).